The number of phenolic OH excluding ortho intramolecular Hbond substituents is 1. The van der Waals surface area contributed by atoms with Crippen molar-refractivity contribution in [2.24, 2.45) is 0 Å². The first-order valence-corrected chi connectivity index (χ1v) is 8.66. The van der Waals surface area contributed by atoms with Crippen LogP contribution in [-0.2, 0) is 0 Å². The monoisotopic (exact) mass is 349 g/mol. The second kappa shape index (κ2) is 5.79. The lowest BCUT2D eigenvalue weighted by atomic mass is 10.00. The molecule has 2 heterocycles. The zero-order valence-corrected chi connectivity index (χ0v) is 14.2. The summed E-state index contributed by atoms with van der Waals surface area (Å²) in [6, 6.07) is 14.5. The summed E-state index contributed by atoms with van der Waals surface area (Å²) >= 11 is 1.35. The highest BCUT2D eigenvalue weighted by atomic mass is 32.1. The molecule has 0 aliphatic carbocycles. The summed E-state index contributed by atoms with van der Waals surface area (Å²) in [7, 11) is 0. The predicted molar refractivity (Wildman–Crippen MR) is 101 cm³/mol. The van der Waals surface area contributed by atoms with Gasteiger partial charge in [0, 0.05) is 10.9 Å². The summed E-state index contributed by atoms with van der Waals surface area (Å²) in [6.07, 6.45) is 0. The van der Waals surface area contributed by atoms with E-state index in [4.69, 9.17) is 0 Å². The Bertz CT molecular complexity index is 1140. The molecule has 3 N–H and O–H groups in total. The molecule has 0 aliphatic heterocycles. The molecule has 0 aliphatic rings. The minimum absolute atomic E-state index is 0.0405. The lowest BCUT2D eigenvalue weighted by Gasteiger charge is -2.08. The van der Waals surface area contributed by atoms with E-state index < -0.39 is 0 Å². The van der Waals surface area contributed by atoms with Crippen molar-refractivity contribution < 1.29 is 10.2 Å². The molecule has 5 heteroatoms. The summed E-state index contributed by atoms with van der Waals surface area (Å²) < 4.78 is 0. The van der Waals surface area contributed by atoms with Crippen LogP contribution in [0.5, 0.6) is 11.5 Å². The van der Waals surface area contributed by atoms with Crippen LogP contribution >= 0.6 is 11.3 Å². The van der Waals surface area contributed by atoms with Crippen molar-refractivity contribution in [1.82, 2.24) is 4.98 Å². The highest BCUT2D eigenvalue weighted by Crippen LogP contribution is 2.42. The number of aromatic amines is 1. The third-order valence-electron chi connectivity index (χ3n) is 4.30. The van der Waals surface area contributed by atoms with Crippen molar-refractivity contribution in [2.45, 2.75) is 6.92 Å². The van der Waals surface area contributed by atoms with E-state index in [1.54, 1.807) is 18.2 Å². The average Bonchev–Trinajstić information content (AvgIpc) is 3.02. The molecule has 2 aromatic carbocycles. The third-order valence-corrected chi connectivity index (χ3v) is 5.20. The largest absolute Gasteiger partial charge is 0.508 e. The first kappa shape index (κ1) is 15.5. The molecule has 0 amide bonds. The van der Waals surface area contributed by atoms with Crippen molar-refractivity contribution in [1.29, 1.82) is 0 Å². The van der Waals surface area contributed by atoms with Crippen molar-refractivity contribution in [3.05, 3.63) is 69.8 Å². The molecule has 0 fully saturated rings. The normalized spacial score (nSPS) is 11.1. The Morgan fingerprint density at radius 3 is 2.48 bits per heavy atom. The van der Waals surface area contributed by atoms with Crippen LogP contribution in [0.1, 0.15) is 5.56 Å². The van der Waals surface area contributed by atoms with Crippen LogP contribution in [0.2, 0.25) is 0 Å². The molecule has 25 heavy (non-hydrogen) atoms. The number of H-pyrrole nitrogens is 1. The first-order valence-electron chi connectivity index (χ1n) is 7.78. The Kier molecular flexibility index (Phi) is 3.58. The van der Waals surface area contributed by atoms with Crippen molar-refractivity contribution in [3.8, 4) is 33.8 Å². The molecular weight excluding hydrogens is 334 g/mol. The molecule has 2 aromatic heterocycles. The van der Waals surface area contributed by atoms with Gasteiger partial charge < -0.3 is 15.2 Å². The second-order valence-electron chi connectivity index (χ2n) is 5.90. The van der Waals surface area contributed by atoms with E-state index in [1.165, 1.54) is 11.3 Å². The number of nitrogens with one attached hydrogen (secondary N) is 1. The topological polar surface area (TPSA) is 73.3 Å². The van der Waals surface area contributed by atoms with E-state index in [2.05, 4.69) is 4.98 Å². The summed E-state index contributed by atoms with van der Waals surface area (Å²) in [5, 5.41) is 23.3. The quantitative estimate of drug-likeness (QED) is 0.493. The fourth-order valence-electron chi connectivity index (χ4n) is 2.95. The van der Waals surface area contributed by atoms with Gasteiger partial charge in [-0.3, -0.25) is 4.79 Å². The van der Waals surface area contributed by atoms with E-state index >= 15 is 0 Å². The van der Waals surface area contributed by atoms with Crippen molar-refractivity contribution in [2.75, 3.05) is 0 Å². The van der Waals surface area contributed by atoms with Gasteiger partial charge in [-0.25, -0.2) is 0 Å². The Morgan fingerprint density at radius 2 is 1.76 bits per heavy atom. The van der Waals surface area contributed by atoms with Gasteiger partial charge >= 0.3 is 0 Å². The van der Waals surface area contributed by atoms with E-state index in [0.29, 0.717) is 15.8 Å². The van der Waals surface area contributed by atoms with E-state index in [-0.39, 0.29) is 22.6 Å². The maximum atomic E-state index is 12.5. The number of fused-ring (bicyclic) bond motifs is 1. The second-order valence-corrected chi connectivity index (χ2v) is 6.78. The Hall–Kier alpha value is -3.05. The number of pyridine rings is 1. The molecule has 0 unspecified atom stereocenters. The average molecular weight is 349 g/mol. The summed E-state index contributed by atoms with van der Waals surface area (Å²) in [5.41, 5.74) is 2.94. The van der Waals surface area contributed by atoms with Crippen LogP contribution in [0, 0.1) is 6.92 Å². The zero-order valence-electron chi connectivity index (χ0n) is 13.4. The number of hydrogen-bond acceptors (Lipinski definition) is 4. The number of thiophene rings is 1. The number of benzene rings is 2. The van der Waals surface area contributed by atoms with Crippen LogP contribution in [-0.4, -0.2) is 15.2 Å². The molecule has 4 rings (SSSR count). The van der Waals surface area contributed by atoms with Gasteiger partial charge in [0.1, 0.15) is 16.3 Å². The Morgan fingerprint density at radius 1 is 1.00 bits per heavy atom. The number of aryl methyl sites for hydroxylation is 1. The molecule has 4 nitrogen and oxygen atoms in total. The highest BCUT2D eigenvalue weighted by molar-refractivity contribution is 7.17. The van der Waals surface area contributed by atoms with Crippen LogP contribution < -0.4 is 5.56 Å². The lowest BCUT2D eigenvalue weighted by molar-refractivity contribution is 0.471. The van der Waals surface area contributed by atoms with Gasteiger partial charge in [-0.1, -0.05) is 42.5 Å². The highest BCUT2D eigenvalue weighted by Gasteiger charge is 2.19. The van der Waals surface area contributed by atoms with Gasteiger partial charge in [0.25, 0.3) is 5.56 Å². The van der Waals surface area contributed by atoms with Crippen LogP contribution in [0.3, 0.4) is 0 Å². The minimum Gasteiger partial charge on any atom is -0.508 e. The van der Waals surface area contributed by atoms with Gasteiger partial charge in [-0.15, -0.1) is 11.3 Å². The van der Waals surface area contributed by atoms with Crippen molar-refractivity contribution in [3.63, 3.8) is 0 Å². The van der Waals surface area contributed by atoms with Crippen LogP contribution in [0.15, 0.2) is 58.7 Å². The molecular formula is C20H15NO3S. The predicted octanol–water partition coefficient (Wildman–Crippen LogP) is 4.64. The van der Waals surface area contributed by atoms with E-state index in [0.717, 1.165) is 16.7 Å². The van der Waals surface area contributed by atoms with Gasteiger partial charge in [0.2, 0.25) is 0 Å². The fraction of sp³-hybridized carbons (Fsp3) is 0.0500. The number of aromatic nitrogens is 1. The standard InChI is InChI=1S/C20H15NO3S/c1-11-7-8-13(9-15(11)22)14-10-25-20-17(14)18(23)16(19(24)21-20)12-5-3-2-4-6-12/h2-10,22H,1H3,(H2,21,23,24). The summed E-state index contributed by atoms with van der Waals surface area (Å²) in [4.78, 5) is 15.9. The molecule has 0 saturated carbocycles. The Balaban J connectivity index is 2.03. The zero-order chi connectivity index (χ0) is 17.6. The van der Waals surface area contributed by atoms with Gasteiger partial charge in [-0.2, -0.15) is 0 Å². The molecule has 4 aromatic rings. The molecule has 0 spiro atoms. The fourth-order valence-corrected chi connectivity index (χ4v) is 3.91. The summed E-state index contributed by atoms with van der Waals surface area (Å²) in [6.45, 7) is 1.83. The van der Waals surface area contributed by atoms with Crippen LogP contribution in [0.4, 0.5) is 0 Å². The number of hydrogen-bond donors (Lipinski definition) is 3. The van der Waals surface area contributed by atoms with Gasteiger partial charge in [0.15, 0.2) is 0 Å². The maximum Gasteiger partial charge on any atom is 0.260 e. The van der Waals surface area contributed by atoms with Gasteiger partial charge in [0.05, 0.1) is 10.9 Å². The number of rotatable bonds is 2. The SMILES string of the molecule is Cc1ccc(-c2csc3[nH]c(=O)c(-c4ccccc4)c(O)c23)cc1O. The number of phenols is 1. The summed E-state index contributed by atoms with van der Waals surface area (Å²) in [5.74, 6) is 0.158. The Labute approximate surface area is 147 Å². The molecule has 0 bridgehead atoms. The van der Waals surface area contributed by atoms with Crippen LogP contribution in [0.25, 0.3) is 32.5 Å². The van der Waals surface area contributed by atoms with Gasteiger partial charge in [-0.05, 0) is 29.7 Å². The smallest absolute Gasteiger partial charge is 0.260 e. The molecule has 0 saturated heterocycles. The molecule has 124 valence electrons. The third kappa shape index (κ3) is 2.49. The lowest BCUT2D eigenvalue weighted by Crippen LogP contribution is -2.08. The minimum atomic E-state index is -0.323. The first-order chi connectivity index (χ1) is 12.1. The van der Waals surface area contributed by atoms with E-state index in [1.807, 2.05) is 42.6 Å². The van der Waals surface area contributed by atoms with Crippen molar-refractivity contribution >= 4 is 21.6 Å². The molecule has 0 radical (unpaired) electrons. The van der Waals surface area contributed by atoms with E-state index in [9.17, 15) is 15.0 Å². The molecule has 0 atom stereocenters. The number of aromatic hydroxyl groups is 2. The maximum absolute atomic E-state index is 12.5.